The highest BCUT2D eigenvalue weighted by Gasteiger charge is 2.11. The fourth-order valence-electron chi connectivity index (χ4n) is 1.60. The van der Waals surface area contributed by atoms with Gasteiger partial charge in [-0.25, -0.2) is 0 Å². The molecule has 0 bridgehead atoms. The summed E-state index contributed by atoms with van der Waals surface area (Å²) in [6.07, 6.45) is 3.99. The summed E-state index contributed by atoms with van der Waals surface area (Å²) < 4.78 is 0. The Balaban J connectivity index is 3.40. The Labute approximate surface area is 89.5 Å². The van der Waals surface area contributed by atoms with Crippen molar-refractivity contribution in [3.05, 3.63) is 48.1 Å². The maximum Gasteiger partial charge on any atom is 0.0984 e. The molecule has 3 nitrogen and oxygen atoms in total. The van der Waals surface area contributed by atoms with Gasteiger partial charge in [0, 0.05) is 0 Å². The van der Waals surface area contributed by atoms with Crippen LogP contribution in [0.15, 0.2) is 31.4 Å². The fourth-order valence-corrected chi connectivity index (χ4v) is 1.60. The predicted octanol–water partition coefficient (Wildman–Crippen LogP) is 2.95. The summed E-state index contributed by atoms with van der Waals surface area (Å²) in [5.74, 6) is 0. The van der Waals surface area contributed by atoms with Crippen LogP contribution in [0.4, 0.5) is 5.69 Å². The summed E-state index contributed by atoms with van der Waals surface area (Å²) in [6, 6.07) is 3.47. The number of nitrogens with zero attached hydrogens (tertiary/aromatic N) is 1. The summed E-state index contributed by atoms with van der Waals surface area (Å²) >= 11 is 0. The molecule has 0 atom stereocenters. The Kier molecular flexibility index (Phi) is 3.66. The topological polar surface area (TPSA) is 43.7 Å². The van der Waals surface area contributed by atoms with Crippen LogP contribution in [-0.2, 0) is 6.42 Å². The van der Waals surface area contributed by atoms with Crippen LogP contribution in [-0.4, -0.2) is 10.4 Å². The summed E-state index contributed by atoms with van der Waals surface area (Å²) in [5.41, 5.74) is 3.13. The molecule has 0 aliphatic heterocycles. The highest BCUT2D eigenvalue weighted by atomic mass is 16.8. The lowest BCUT2D eigenvalue weighted by atomic mass is 9.97. The lowest BCUT2D eigenvalue weighted by Crippen LogP contribution is -2.14. The molecule has 1 aromatic carbocycles. The van der Waals surface area contributed by atoms with Gasteiger partial charge < -0.3 is 0 Å². The molecular formula is C12H15NO2. The van der Waals surface area contributed by atoms with Gasteiger partial charge in [-0.1, -0.05) is 24.8 Å². The quantitative estimate of drug-likeness (QED) is 0.586. The van der Waals surface area contributed by atoms with E-state index in [1.807, 2.05) is 13.0 Å². The maximum absolute atomic E-state index is 9.06. The number of rotatable bonds is 4. The lowest BCUT2D eigenvalue weighted by molar-refractivity contribution is 0.0287. The second kappa shape index (κ2) is 4.77. The van der Waals surface area contributed by atoms with Crippen LogP contribution >= 0.6 is 0 Å². The molecule has 0 aliphatic carbocycles. The van der Waals surface area contributed by atoms with E-state index in [2.05, 4.69) is 13.2 Å². The fraction of sp³-hybridized carbons (Fsp3) is 0.167. The standard InChI is InChI=1S/C12H15NO2/c1-4-6-11-10(5-2)9(3)7-8-12(11)13(14)15/h4-5,7-8,14-15H,1-2,6H2,3H3. The van der Waals surface area contributed by atoms with Crippen molar-refractivity contribution in [2.75, 3.05) is 5.23 Å². The third-order valence-corrected chi connectivity index (χ3v) is 2.32. The van der Waals surface area contributed by atoms with Gasteiger partial charge >= 0.3 is 0 Å². The van der Waals surface area contributed by atoms with Crippen LogP contribution in [0.5, 0.6) is 0 Å². The van der Waals surface area contributed by atoms with Gasteiger partial charge in [-0.05, 0) is 36.1 Å². The first-order valence-corrected chi connectivity index (χ1v) is 4.65. The van der Waals surface area contributed by atoms with E-state index in [1.165, 1.54) is 0 Å². The smallest absolute Gasteiger partial charge is 0.0984 e. The average Bonchev–Trinajstić information content (AvgIpc) is 2.18. The van der Waals surface area contributed by atoms with Gasteiger partial charge in [0.2, 0.25) is 0 Å². The van der Waals surface area contributed by atoms with E-state index < -0.39 is 0 Å². The molecule has 0 spiro atoms. The normalized spacial score (nSPS) is 9.80. The number of benzene rings is 1. The molecule has 0 saturated carbocycles. The SMILES string of the molecule is C=CCc1c(N(O)O)ccc(C)c1C=C. The van der Waals surface area contributed by atoms with Crippen LogP contribution in [0.25, 0.3) is 6.08 Å². The van der Waals surface area contributed by atoms with E-state index in [9.17, 15) is 0 Å². The van der Waals surface area contributed by atoms with E-state index >= 15 is 0 Å². The Morgan fingerprint density at radius 3 is 2.47 bits per heavy atom. The van der Waals surface area contributed by atoms with Gasteiger partial charge in [0.15, 0.2) is 0 Å². The number of aryl methyl sites for hydroxylation is 1. The Bertz CT molecular complexity index is 383. The lowest BCUT2D eigenvalue weighted by Gasteiger charge is -2.16. The molecule has 3 heteroatoms. The van der Waals surface area contributed by atoms with Crippen LogP contribution in [0, 0.1) is 6.92 Å². The monoisotopic (exact) mass is 205 g/mol. The van der Waals surface area contributed by atoms with Gasteiger partial charge in [-0.2, -0.15) is 0 Å². The van der Waals surface area contributed by atoms with E-state index in [4.69, 9.17) is 10.4 Å². The minimum atomic E-state index is 0.130. The molecule has 80 valence electrons. The van der Waals surface area contributed by atoms with Gasteiger partial charge in [0.05, 0.1) is 5.69 Å². The Morgan fingerprint density at radius 1 is 1.33 bits per heavy atom. The van der Waals surface area contributed by atoms with Crippen molar-refractivity contribution in [1.82, 2.24) is 0 Å². The van der Waals surface area contributed by atoms with Gasteiger partial charge in [-0.3, -0.25) is 10.4 Å². The van der Waals surface area contributed by atoms with Crippen molar-refractivity contribution in [3.8, 4) is 0 Å². The third-order valence-electron chi connectivity index (χ3n) is 2.32. The molecule has 0 amide bonds. The summed E-state index contributed by atoms with van der Waals surface area (Å²) in [5, 5.41) is 18.3. The first kappa shape index (κ1) is 11.5. The molecule has 1 aromatic rings. The molecule has 0 aromatic heterocycles. The zero-order chi connectivity index (χ0) is 11.4. The number of hydrogen-bond donors (Lipinski definition) is 2. The predicted molar refractivity (Wildman–Crippen MR) is 61.2 cm³/mol. The Hall–Kier alpha value is -1.58. The van der Waals surface area contributed by atoms with E-state index in [-0.39, 0.29) is 5.23 Å². The molecule has 0 radical (unpaired) electrons. The highest BCUT2D eigenvalue weighted by molar-refractivity contribution is 5.66. The molecular weight excluding hydrogens is 190 g/mol. The number of allylic oxidation sites excluding steroid dienone is 1. The van der Waals surface area contributed by atoms with Crippen molar-refractivity contribution < 1.29 is 10.4 Å². The van der Waals surface area contributed by atoms with Crippen LogP contribution in [0.2, 0.25) is 0 Å². The van der Waals surface area contributed by atoms with Gasteiger partial charge in [-0.15, -0.1) is 11.8 Å². The number of anilines is 1. The molecule has 1 rings (SSSR count). The van der Waals surface area contributed by atoms with Crippen molar-refractivity contribution in [1.29, 1.82) is 0 Å². The minimum Gasteiger partial charge on any atom is -0.264 e. The summed E-state index contributed by atoms with van der Waals surface area (Å²) in [4.78, 5) is 0. The molecule has 0 aliphatic rings. The van der Waals surface area contributed by atoms with E-state index in [0.29, 0.717) is 12.1 Å². The molecule has 0 unspecified atom stereocenters. The molecule has 15 heavy (non-hydrogen) atoms. The second-order valence-corrected chi connectivity index (χ2v) is 3.28. The Morgan fingerprint density at radius 2 is 2.00 bits per heavy atom. The van der Waals surface area contributed by atoms with Crippen molar-refractivity contribution in [2.24, 2.45) is 0 Å². The zero-order valence-electron chi connectivity index (χ0n) is 8.77. The first-order chi connectivity index (χ1) is 7.11. The first-order valence-electron chi connectivity index (χ1n) is 4.65. The van der Waals surface area contributed by atoms with Crippen molar-refractivity contribution in [2.45, 2.75) is 13.3 Å². The van der Waals surface area contributed by atoms with Crippen LogP contribution in [0.3, 0.4) is 0 Å². The van der Waals surface area contributed by atoms with Crippen molar-refractivity contribution >= 4 is 11.8 Å². The van der Waals surface area contributed by atoms with Gasteiger partial charge in [0.1, 0.15) is 0 Å². The second-order valence-electron chi connectivity index (χ2n) is 3.28. The third kappa shape index (κ3) is 2.26. The highest BCUT2D eigenvalue weighted by Crippen LogP contribution is 2.26. The summed E-state index contributed by atoms with van der Waals surface area (Å²) in [6.45, 7) is 9.32. The number of hydrogen-bond acceptors (Lipinski definition) is 3. The van der Waals surface area contributed by atoms with Crippen molar-refractivity contribution in [3.63, 3.8) is 0 Å². The maximum atomic E-state index is 9.06. The van der Waals surface area contributed by atoms with E-state index in [0.717, 1.165) is 16.7 Å². The van der Waals surface area contributed by atoms with E-state index in [1.54, 1.807) is 18.2 Å². The minimum absolute atomic E-state index is 0.130. The molecule has 0 saturated heterocycles. The van der Waals surface area contributed by atoms with Crippen LogP contribution in [0.1, 0.15) is 16.7 Å². The largest absolute Gasteiger partial charge is 0.264 e. The van der Waals surface area contributed by atoms with Crippen LogP contribution < -0.4 is 5.23 Å². The molecule has 2 N–H and O–H groups in total. The van der Waals surface area contributed by atoms with Gasteiger partial charge in [0.25, 0.3) is 0 Å². The molecule has 0 fully saturated rings. The summed E-state index contributed by atoms with van der Waals surface area (Å²) in [7, 11) is 0. The zero-order valence-corrected chi connectivity index (χ0v) is 8.77. The molecule has 0 heterocycles. The average molecular weight is 205 g/mol.